The van der Waals surface area contributed by atoms with E-state index in [1.54, 1.807) is 0 Å². The molecule has 0 saturated carbocycles. The van der Waals surface area contributed by atoms with Gasteiger partial charge in [-0.2, -0.15) is 8.78 Å². The smallest absolute Gasteiger partial charge is 0.313 e. The van der Waals surface area contributed by atoms with E-state index in [-0.39, 0.29) is 0 Å². The van der Waals surface area contributed by atoms with Gasteiger partial charge >= 0.3 is 5.97 Å². The van der Waals surface area contributed by atoms with Gasteiger partial charge in [0.15, 0.2) is 0 Å². The predicted octanol–water partition coefficient (Wildman–Crippen LogP) is 2.94. The molecule has 17 heavy (non-hydrogen) atoms. The van der Waals surface area contributed by atoms with Gasteiger partial charge < -0.3 is 4.74 Å². The molecule has 0 aliphatic heterocycles. The standard InChI is InChI=1S/C10H7F5O2/c1-3(2)10(16)17-9-7(14)5(12)4(11)6(13)8(9)15/h3H,1-2H3. The molecule has 0 bridgehead atoms. The Hall–Kier alpha value is -1.66. The van der Waals surface area contributed by atoms with Crippen LogP contribution >= 0.6 is 0 Å². The second kappa shape index (κ2) is 4.68. The molecule has 0 N–H and O–H groups in total. The maximum Gasteiger partial charge on any atom is 0.313 e. The predicted molar refractivity (Wildman–Crippen MR) is 46.7 cm³/mol. The third kappa shape index (κ3) is 2.37. The third-order valence-corrected chi connectivity index (χ3v) is 1.84. The van der Waals surface area contributed by atoms with Crippen LogP contribution in [0.15, 0.2) is 0 Å². The summed E-state index contributed by atoms with van der Waals surface area (Å²) in [5.41, 5.74) is 0. The molecule has 1 aromatic rings. The lowest BCUT2D eigenvalue weighted by Gasteiger charge is -2.09. The van der Waals surface area contributed by atoms with Crippen LogP contribution in [0.1, 0.15) is 13.8 Å². The zero-order valence-electron chi connectivity index (χ0n) is 8.78. The normalized spacial score (nSPS) is 10.8. The van der Waals surface area contributed by atoms with Crippen LogP contribution in [0.4, 0.5) is 22.0 Å². The lowest BCUT2D eigenvalue weighted by atomic mass is 10.2. The minimum atomic E-state index is -2.30. The van der Waals surface area contributed by atoms with Gasteiger partial charge in [0.1, 0.15) is 0 Å². The summed E-state index contributed by atoms with van der Waals surface area (Å²) >= 11 is 0. The Morgan fingerprint density at radius 3 is 1.59 bits per heavy atom. The Morgan fingerprint density at radius 1 is 0.882 bits per heavy atom. The molecule has 0 heterocycles. The molecule has 2 nitrogen and oxygen atoms in total. The minimum absolute atomic E-state index is 0.773. The van der Waals surface area contributed by atoms with Gasteiger partial charge in [-0.3, -0.25) is 4.79 Å². The lowest BCUT2D eigenvalue weighted by molar-refractivity contribution is -0.138. The first-order chi connectivity index (χ1) is 7.77. The fourth-order valence-corrected chi connectivity index (χ4v) is 0.893. The van der Waals surface area contributed by atoms with Gasteiger partial charge in [0, 0.05) is 0 Å². The topological polar surface area (TPSA) is 26.3 Å². The summed E-state index contributed by atoms with van der Waals surface area (Å²) in [7, 11) is 0. The number of rotatable bonds is 2. The number of carbonyl (C=O) groups is 1. The quantitative estimate of drug-likeness (QED) is 0.266. The number of halogens is 5. The third-order valence-electron chi connectivity index (χ3n) is 1.84. The molecule has 1 rings (SSSR count). The number of esters is 1. The Balaban J connectivity index is 3.30. The van der Waals surface area contributed by atoms with E-state index in [1.165, 1.54) is 13.8 Å². The van der Waals surface area contributed by atoms with Crippen LogP contribution in [0.3, 0.4) is 0 Å². The van der Waals surface area contributed by atoms with E-state index in [0.29, 0.717) is 0 Å². The van der Waals surface area contributed by atoms with E-state index < -0.39 is 46.7 Å². The molecular weight excluding hydrogens is 247 g/mol. The van der Waals surface area contributed by atoms with Crippen LogP contribution in [-0.4, -0.2) is 5.97 Å². The van der Waals surface area contributed by atoms with Crippen molar-refractivity contribution in [1.29, 1.82) is 0 Å². The summed E-state index contributed by atoms with van der Waals surface area (Å²) in [5, 5.41) is 0. The zero-order valence-corrected chi connectivity index (χ0v) is 8.78. The Morgan fingerprint density at radius 2 is 1.24 bits per heavy atom. The molecule has 7 heteroatoms. The number of hydrogen-bond acceptors (Lipinski definition) is 2. The molecule has 0 aliphatic carbocycles. The highest BCUT2D eigenvalue weighted by Crippen LogP contribution is 2.29. The molecule has 0 saturated heterocycles. The van der Waals surface area contributed by atoms with Gasteiger partial charge in [-0.15, -0.1) is 0 Å². The number of benzene rings is 1. The largest absolute Gasteiger partial charge is 0.420 e. The van der Waals surface area contributed by atoms with Gasteiger partial charge in [0.25, 0.3) is 0 Å². The molecule has 0 radical (unpaired) electrons. The number of ether oxygens (including phenoxy) is 1. The minimum Gasteiger partial charge on any atom is -0.420 e. The van der Waals surface area contributed by atoms with E-state index in [2.05, 4.69) is 4.74 Å². The Bertz CT molecular complexity index is 441. The molecule has 1 aromatic carbocycles. The lowest BCUT2D eigenvalue weighted by Crippen LogP contribution is -2.18. The van der Waals surface area contributed by atoms with Crippen molar-refractivity contribution >= 4 is 5.97 Å². The summed E-state index contributed by atoms with van der Waals surface area (Å²) in [6, 6.07) is 0. The second-order valence-electron chi connectivity index (χ2n) is 3.47. The molecule has 0 spiro atoms. The molecule has 0 unspecified atom stereocenters. The van der Waals surface area contributed by atoms with Gasteiger partial charge in [0.2, 0.25) is 34.8 Å². The summed E-state index contributed by atoms with van der Waals surface area (Å²) in [6.45, 7) is 2.68. The Kier molecular flexibility index (Phi) is 3.69. The Labute approximate surface area is 93.0 Å². The molecule has 0 fully saturated rings. The van der Waals surface area contributed by atoms with E-state index in [0.717, 1.165) is 0 Å². The van der Waals surface area contributed by atoms with Crippen molar-refractivity contribution in [2.24, 2.45) is 5.92 Å². The highest BCUT2D eigenvalue weighted by molar-refractivity contribution is 5.74. The van der Waals surface area contributed by atoms with Crippen LogP contribution in [0.25, 0.3) is 0 Å². The first-order valence-corrected chi connectivity index (χ1v) is 4.50. The average Bonchev–Trinajstić information content (AvgIpc) is 2.29. The van der Waals surface area contributed by atoms with Crippen LogP contribution in [0, 0.1) is 35.0 Å². The highest BCUT2D eigenvalue weighted by atomic mass is 19.2. The van der Waals surface area contributed by atoms with Crippen molar-refractivity contribution in [2.75, 3.05) is 0 Å². The number of carbonyl (C=O) groups excluding carboxylic acids is 1. The summed E-state index contributed by atoms with van der Waals surface area (Å²) in [6.07, 6.45) is 0. The van der Waals surface area contributed by atoms with Gasteiger partial charge in [-0.1, -0.05) is 13.8 Å². The van der Waals surface area contributed by atoms with Gasteiger partial charge in [-0.05, 0) is 0 Å². The van der Waals surface area contributed by atoms with E-state index in [9.17, 15) is 26.7 Å². The molecule has 0 aromatic heterocycles. The highest BCUT2D eigenvalue weighted by Gasteiger charge is 2.28. The van der Waals surface area contributed by atoms with Crippen molar-refractivity contribution < 1.29 is 31.5 Å². The average molecular weight is 254 g/mol. The maximum absolute atomic E-state index is 13.0. The van der Waals surface area contributed by atoms with Crippen LogP contribution in [0.2, 0.25) is 0 Å². The van der Waals surface area contributed by atoms with Crippen molar-refractivity contribution in [1.82, 2.24) is 0 Å². The molecule has 0 aliphatic rings. The van der Waals surface area contributed by atoms with Gasteiger partial charge in [0.05, 0.1) is 5.92 Å². The fraction of sp³-hybridized carbons (Fsp3) is 0.300. The van der Waals surface area contributed by atoms with E-state index in [1.807, 2.05) is 0 Å². The fourth-order valence-electron chi connectivity index (χ4n) is 0.893. The van der Waals surface area contributed by atoms with Crippen LogP contribution in [0.5, 0.6) is 5.75 Å². The van der Waals surface area contributed by atoms with Crippen molar-refractivity contribution in [2.45, 2.75) is 13.8 Å². The van der Waals surface area contributed by atoms with E-state index in [4.69, 9.17) is 0 Å². The first-order valence-electron chi connectivity index (χ1n) is 4.50. The van der Waals surface area contributed by atoms with Gasteiger partial charge in [-0.25, -0.2) is 13.2 Å². The van der Waals surface area contributed by atoms with Crippen LogP contribution in [-0.2, 0) is 4.79 Å². The summed E-state index contributed by atoms with van der Waals surface area (Å²) in [4.78, 5) is 11.0. The van der Waals surface area contributed by atoms with E-state index >= 15 is 0 Å². The number of hydrogen-bond donors (Lipinski definition) is 0. The SMILES string of the molecule is CC(C)C(=O)Oc1c(F)c(F)c(F)c(F)c1F. The first kappa shape index (κ1) is 13.4. The molecule has 0 atom stereocenters. The van der Waals surface area contributed by atoms with Crippen molar-refractivity contribution in [3.63, 3.8) is 0 Å². The summed E-state index contributed by atoms with van der Waals surface area (Å²) in [5.74, 6) is -14.4. The van der Waals surface area contributed by atoms with Crippen LogP contribution < -0.4 is 4.74 Å². The monoisotopic (exact) mass is 254 g/mol. The van der Waals surface area contributed by atoms with Crippen molar-refractivity contribution in [3.05, 3.63) is 29.1 Å². The molecule has 94 valence electrons. The van der Waals surface area contributed by atoms with Crippen molar-refractivity contribution in [3.8, 4) is 5.75 Å². The molecular formula is C10H7F5O2. The second-order valence-corrected chi connectivity index (χ2v) is 3.47. The molecule has 0 amide bonds. The zero-order chi connectivity index (χ0) is 13.3. The maximum atomic E-state index is 13.0. The summed E-state index contributed by atoms with van der Waals surface area (Å²) < 4.78 is 68.2.